The zero-order valence-corrected chi connectivity index (χ0v) is 19.7. The molecule has 29 heavy (non-hydrogen) atoms. The van der Waals surface area contributed by atoms with Crippen LogP contribution in [0.3, 0.4) is 0 Å². The Labute approximate surface area is 179 Å². The first-order chi connectivity index (χ1) is 13.7. The molecule has 0 bridgehead atoms. The van der Waals surface area contributed by atoms with Crippen LogP contribution < -0.4 is 0 Å². The number of rotatable bonds is 2. The fraction of sp³-hybridized carbons (Fsp3) is 1.00. The molecule has 0 aromatic carbocycles. The van der Waals surface area contributed by atoms with Gasteiger partial charge in [-0.2, -0.15) is 0 Å². The van der Waals surface area contributed by atoms with Gasteiger partial charge in [0.2, 0.25) is 0 Å². The van der Waals surface area contributed by atoms with Crippen LogP contribution in [0.4, 0.5) is 0 Å². The zero-order valence-electron chi connectivity index (χ0n) is 19.7. The first-order valence-electron chi connectivity index (χ1n) is 12.5. The molecule has 4 fully saturated rings. The van der Waals surface area contributed by atoms with E-state index in [-0.39, 0.29) is 29.5 Å². The highest BCUT2D eigenvalue weighted by atomic mass is 16.8. The molecule has 1 heterocycles. The van der Waals surface area contributed by atoms with Crippen LogP contribution in [0.5, 0.6) is 0 Å². The molecule has 0 aromatic rings. The summed E-state index contributed by atoms with van der Waals surface area (Å²) in [5.41, 5.74) is 0.143. The van der Waals surface area contributed by atoms with Gasteiger partial charge in [-0.1, -0.05) is 53.9 Å². The first kappa shape index (κ1) is 23.5. The van der Waals surface area contributed by atoms with E-state index in [1.807, 2.05) is 0 Å². The van der Waals surface area contributed by atoms with Crippen LogP contribution >= 0.6 is 0 Å². The second kappa shape index (κ2) is 9.54. The summed E-state index contributed by atoms with van der Waals surface area (Å²) in [5.74, 6) is -0.854. The summed E-state index contributed by atoms with van der Waals surface area (Å²) >= 11 is 0. The molecule has 0 amide bonds. The normalized spacial score (nSPS) is 36.2. The number of aliphatic hydroxyl groups is 1. The third kappa shape index (κ3) is 5.75. The average Bonchev–Trinajstić information content (AvgIpc) is 2.98. The molecule has 1 spiro atoms. The van der Waals surface area contributed by atoms with E-state index in [9.17, 15) is 5.11 Å². The molecule has 4 aliphatic rings. The molecule has 1 aliphatic heterocycles. The zero-order chi connectivity index (χ0) is 21.1. The molecule has 0 aromatic heterocycles. The van der Waals surface area contributed by atoms with Gasteiger partial charge in [0.25, 0.3) is 0 Å². The van der Waals surface area contributed by atoms with Crippen molar-refractivity contribution >= 4 is 0 Å². The molecule has 4 unspecified atom stereocenters. The molecule has 0 radical (unpaired) electrons. The minimum Gasteiger partial charge on any atom is -0.365 e. The monoisotopic (exact) mass is 410 g/mol. The molecule has 4 heteroatoms. The highest BCUT2D eigenvalue weighted by Gasteiger charge is 2.56. The SMILES string of the molecule is CC(C)(C)C1CC(OC2(O)CCCCC2)CC2OC3(CCCCC3)OC21.CCC. The van der Waals surface area contributed by atoms with Crippen LogP contribution in [-0.4, -0.2) is 35.0 Å². The van der Waals surface area contributed by atoms with Gasteiger partial charge in [-0.25, -0.2) is 0 Å². The van der Waals surface area contributed by atoms with Gasteiger partial charge in [-0.05, 0) is 43.4 Å². The Morgan fingerprint density at radius 2 is 1.41 bits per heavy atom. The van der Waals surface area contributed by atoms with Crippen LogP contribution in [0.1, 0.15) is 118 Å². The second-order valence-electron chi connectivity index (χ2n) is 11.1. The predicted octanol–water partition coefficient (Wildman–Crippen LogP) is 6.34. The van der Waals surface area contributed by atoms with Crippen molar-refractivity contribution in [2.24, 2.45) is 11.3 Å². The lowest BCUT2D eigenvalue weighted by molar-refractivity contribution is -0.259. The van der Waals surface area contributed by atoms with Crippen molar-refractivity contribution in [1.82, 2.24) is 0 Å². The summed E-state index contributed by atoms with van der Waals surface area (Å²) < 4.78 is 19.6. The van der Waals surface area contributed by atoms with Gasteiger partial charge in [-0.3, -0.25) is 0 Å². The van der Waals surface area contributed by atoms with E-state index in [4.69, 9.17) is 14.2 Å². The van der Waals surface area contributed by atoms with Gasteiger partial charge < -0.3 is 19.3 Å². The smallest absolute Gasteiger partial charge is 0.169 e. The van der Waals surface area contributed by atoms with Gasteiger partial charge >= 0.3 is 0 Å². The second-order valence-corrected chi connectivity index (χ2v) is 11.1. The molecule has 4 atom stereocenters. The van der Waals surface area contributed by atoms with Crippen LogP contribution in [0.2, 0.25) is 0 Å². The van der Waals surface area contributed by atoms with Crippen molar-refractivity contribution in [2.75, 3.05) is 0 Å². The van der Waals surface area contributed by atoms with E-state index in [0.29, 0.717) is 5.92 Å². The van der Waals surface area contributed by atoms with Crippen LogP contribution in [0.25, 0.3) is 0 Å². The maximum atomic E-state index is 10.9. The topological polar surface area (TPSA) is 47.9 Å². The van der Waals surface area contributed by atoms with E-state index < -0.39 is 5.79 Å². The van der Waals surface area contributed by atoms with Gasteiger partial charge in [0.1, 0.15) is 0 Å². The van der Waals surface area contributed by atoms with Gasteiger partial charge in [0, 0.05) is 32.1 Å². The lowest BCUT2D eigenvalue weighted by atomic mass is 9.69. The minimum absolute atomic E-state index is 0.0749. The van der Waals surface area contributed by atoms with E-state index in [1.165, 1.54) is 32.1 Å². The lowest BCUT2D eigenvalue weighted by Crippen LogP contribution is -2.50. The van der Waals surface area contributed by atoms with Crippen molar-refractivity contribution in [2.45, 2.75) is 148 Å². The van der Waals surface area contributed by atoms with Crippen molar-refractivity contribution in [3.63, 3.8) is 0 Å². The largest absolute Gasteiger partial charge is 0.365 e. The third-order valence-corrected chi connectivity index (χ3v) is 7.24. The summed E-state index contributed by atoms with van der Waals surface area (Å²) in [6.45, 7) is 11.2. The fourth-order valence-corrected chi connectivity index (χ4v) is 5.79. The molecular weight excluding hydrogens is 364 g/mol. The average molecular weight is 411 g/mol. The van der Waals surface area contributed by atoms with Gasteiger partial charge in [0.15, 0.2) is 11.6 Å². The minimum atomic E-state index is -0.916. The van der Waals surface area contributed by atoms with E-state index >= 15 is 0 Å². The van der Waals surface area contributed by atoms with Crippen molar-refractivity contribution in [1.29, 1.82) is 0 Å². The van der Waals surface area contributed by atoms with Crippen molar-refractivity contribution in [3.05, 3.63) is 0 Å². The van der Waals surface area contributed by atoms with E-state index in [2.05, 4.69) is 34.6 Å². The Balaban J connectivity index is 0.000000755. The first-order valence-corrected chi connectivity index (χ1v) is 12.5. The quantitative estimate of drug-likeness (QED) is 0.540. The van der Waals surface area contributed by atoms with Crippen molar-refractivity contribution in [3.8, 4) is 0 Å². The maximum absolute atomic E-state index is 10.9. The van der Waals surface area contributed by atoms with Crippen molar-refractivity contribution < 1.29 is 19.3 Å². The maximum Gasteiger partial charge on any atom is 0.169 e. The molecule has 4 nitrogen and oxygen atoms in total. The number of fused-ring (bicyclic) bond motifs is 1. The molecular formula is C25H46O4. The predicted molar refractivity (Wildman–Crippen MR) is 117 cm³/mol. The number of hydrogen-bond donors (Lipinski definition) is 1. The molecule has 170 valence electrons. The Bertz CT molecular complexity index is 499. The molecule has 3 saturated carbocycles. The summed E-state index contributed by atoms with van der Waals surface area (Å²) in [6.07, 6.45) is 14.1. The fourth-order valence-electron chi connectivity index (χ4n) is 5.79. The van der Waals surface area contributed by atoms with Gasteiger partial charge in [0.05, 0.1) is 18.3 Å². The molecule has 1 saturated heterocycles. The molecule has 3 aliphatic carbocycles. The van der Waals surface area contributed by atoms with Gasteiger partial charge in [-0.15, -0.1) is 0 Å². The number of ether oxygens (including phenoxy) is 3. The summed E-state index contributed by atoms with van der Waals surface area (Å²) in [7, 11) is 0. The standard InChI is InChI=1S/C22H38O4.C3H8/c1-20(2,3)17-14-16(24-21(23)10-6-4-7-11-21)15-18-19(17)26-22(25-18)12-8-5-9-13-22;1-3-2/h16-19,23H,4-15H2,1-3H3;3H2,1-2H3. The van der Waals surface area contributed by atoms with Crippen LogP contribution in [0, 0.1) is 11.3 Å². The number of hydrogen-bond acceptors (Lipinski definition) is 4. The summed E-state index contributed by atoms with van der Waals surface area (Å²) in [5, 5.41) is 10.9. The van der Waals surface area contributed by atoms with Crippen LogP contribution in [-0.2, 0) is 14.2 Å². The third-order valence-electron chi connectivity index (χ3n) is 7.24. The molecule has 4 rings (SSSR count). The van der Waals surface area contributed by atoms with E-state index in [1.54, 1.807) is 0 Å². The lowest BCUT2D eigenvalue weighted by Gasteiger charge is -2.45. The molecule has 1 N–H and O–H groups in total. The highest BCUT2D eigenvalue weighted by molar-refractivity contribution is 5.00. The van der Waals surface area contributed by atoms with Crippen LogP contribution in [0.15, 0.2) is 0 Å². The Morgan fingerprint density at radius 1 is 0.862 bits per heavy atom. The highest BCUT2D eigenvalue weighted by Crippen LogP contribution is 2.51. The Kier molecular flexibility index (Phi) is 7.73. The summed E-state index contributed by atoms with van der Waals surface area (Å²) in [4.78, 5) is 0. The van der Waals surface area contributed by atoms with E-state index in [0.717, 1.165) is 51.4 Å². The Hall–Kier alpha value is -0.160. The Morgan fingerprint density at radius 3 is 1.97 bits per heavy atom. The summed E-state index contributed by atoms with van der Waals surface area (Å²) in [6, 6.07) is 0.